The zero-order chi connectivity index (χ0) is 12.2. The first-order chi connectivity index (χ1) is 7.56. The Morgan fingerprint density at radius 2 is 1.94 bits per heavy atom. The van der Waals surface area contributed by atoms with Crippen molar-refractivity contribution < 1.29 is 9.90 Å². The zero-order valence-corrected chi connectivity index (χ0v) is 9.98. The number of nitrogens with zero attached hydrogens (tertiary/aromatic N) is 1. The Kier molecular flexibility index (Phi) is 4.30. The van der Waals surface area contributed by atoms with Crippen LogP contribution in [0.2, 0.25) is 0 Å². The maximum absolute atomic E-state index is 12.0. The SMILES string of the molecule is C=CCC(CC=C)C(=O)N1CC(O)(CC)C1. The predicted molar refractivity (Wildman–Crippen MR) is 64.9 cm³/mol. The Bertz CT molecular complexity index is 270. The highest BCUT2D eigenvalue weighted by atomic mass is 16.3. The van der Waals surface area contributed by atoms with Crippen LogP contribution in [0.15, 0.2) is 25.3 Å². The van der Waals surface area contributed by atoms with Crippen molar-refractivity contribution in [1.82, 2.24) is 4.90 Å². The maximum atomic E-state index is 12.0. The number of amides is 1. The lowest BCUT2D eigenvalue weighted by Gasteiger charge is -2.47. The summed E-state index contributed by atoms with van der Waals surface area (Å²) in [5, 5.41) is 9.85. The molecule has 3 heteroatoms. The van der Waals surface area contributed by atoms with Gasteiger partial charge in [0.2, 0.25) is 5.91 Å². The zero-order valence-electron chi connectivity index (χ0n) is 9.98. The molecule has 0 spiro atoms. The second-order valence-electron chi connectivity index (χ2n) is 4.52. The van der Waals surface area contributed by atoms with E-state index in [4.69, 9.17) is 0 Å². The van der Waals surface area contributed by atoms with E-state index in [9.17, 15) is 9.90 Å². The molecule has 1 N–H and O–H groups in total. The Balaban J connectivity index is 2.50. The minimum atomic E-state index is -0.650. The normalized spacial score (nSPS) is 18.1. The molecular formula is C13H21NO2. The summed E-state index contributed by atoms with van der Waals surface area (Å²) in [6, 6.07) is 0. The van der Waals surface area contributed by atoms with Crippen molar-refractivity contribution in [3.8, 4) is 0 Å². The van der Waals surface area contributed by atoms with E-state index in [2.05, 4.69) is 13.2 Å². The first-order valence-electron chi connectivity index (χ1n) is 5.79. The lowest BCUT2D eigenvalue weighted by molar-refractivity contribution is -0.159. The first kappa shape index (κ1) is 13.0. The highest BCUT2D eigenvalue weighted by molar-refractivity contribution is 5.80. The van der Waals surface area contributed by atoms with Crippen LogP contribution in [0, 0.1) is 5.92 Å². The Morgan fingerprint density at radius 3 is 2.31 bits per heavy atom. The minimum Gasteiger partial charge on any atom is -0.386 e. The fourth-order valence-corrected chi connectivity index (χ4v) is 2.00. The molecule has 0 bridgehead atoms. The third-order valence-corrected chi connectivity index (χ3v) is 3.19. The summed E-state index contributed by atoms with van der Waals surface area (Å²) < 4.78 is 0. The number of β-amino-alcohol motifs (C(OH)–C–C–N with tert-alkyl or cyclic N) is 1. The van der Waals surface area contributed by atoms with Crippen LogP contribution in [-0.2, 0) is 4.79 Å². The fourth-order valence-electron chi connectivity index (χ4n) is 2.00. The lowest BCUT2D eigenvalue weighted by atomic mass is 9.88. The predicted octanol–water partition coefficient (Wildman–Crippen LogP) is 1.74. The molecule has 3 nitrogen and oxygen atoms in total. The Labute approximate surface area is 97.4 Å². The molecule has 0 unspecified atom stereocenters. The van der Waals surface area contributed by atoms with Crippen molar-refractivity contribution in [3.63, 3.8) is 0 Å². The molecule has 1 aliphatic heterocycles. The van der Waals surface area contributed by atoms with Gasteiger partial charge in [-0.1, -0.05) is 19.1 Å². The molecule has 0 aromatic heterocycles. The van der Waals surface area contributed by atoms with Crippen molar-refractivity contribution in [2.24, 2.45) is 5.92 Å². The lowest BCUT2D eigenvalue weighted by Crippen LogP contribution is -2.64. The van der Waals surface area contributed by atoms with E-state index in [1.165, 1.54) is 0 Å². The number of likely N-dealkylation sites (tertiary alicyclic amines) is 1. The second-order valence-corrected chi connectivity index (χ2v) is 4.52. The molecule has 16 heavy (non-hydrogen) atoms. The van der Waals surface area contributed by atoms with Crippen molar-refractivity contribution in [1.29, 1.82) is 0 Å². The molecule has 0 radical (unpaired) electrons. The van der Waals surface area contributed by atoms with Crippen molar-refractivity contribution >= 4 is 5.91 Å². The van der Waals surface area contributed by atoms with Gasteiger partial charge in [-0.05, 0) is 19.3 Å². The minimum absolute atomic E-state index is 0.0589. The van der Waals surface area contributed by atoms with E-state index in [1.54, 1.807) is 17.1 Å². The number of hydrogen-bond acceptors (Lipinski definition) is 2. The topological polar surface area (TPSA) is 40.5 Å². The standard InChI is InChI=1S/C13H21NO2/c1-4-7-11(8-5-2)12(15)14-9-13(16,6-3)10-14/h4-5,11,16H,1-2,6-10H2,3H3. The first-order valence-corrected chi connectivity index (χ1v) is 5.79. The monoisotopic (exact) mass is 223 g/mol. The van der Waals surface area contributed by atoms with Crippen LogP contribution in [0.5, 0.6) is 0 Å². The van der Waals surface area contributed by atoms with Gasteiger partial charge in [0.15, 0.2) is 0 Å². The molecule has 1 aliphatic rings. The average molecular weight is 223 g/mol. The molecule has 1 rings (SSSR count). The van der Waals surface area contributed by atoms with Crippen molar-refractivity contribution in [3.05, 3.63) is 25.3 Å². The van der Waals surface area contributed by atoms with Gasteiger partial charge in [0.1, 0.15) is 0 Å². The summed E-state index contributed by atoms with van der Waals surface area (Å²) in [4.78, 5) is 13.8. The van der Waals surface area contributed by atoms with Gasteiger partial charge < -0.3 is 10.0 Å². The van der Waals surface area contributed by atoms with E-state index in [-0.39, 0.29) is 11.8 Å². The quantitative estimate of drug-likeness (QED) is 0.697. The number of aliphatic hydroxyl groups is 1. The van der Waals surface area contributed by atoms with Crippen LogP contribution in [-0.4, -0.2) is 34.6 Å². The van der Waals surface area contributed by atoms with Gasteiger partial charge in [0.25, 0.3) is 0 Å². The fraction of sp³-hybridized carbons (Fsp3) is 0.615. The van der Waals surface area contributed by atoms with Crippen molar-refractivity contribution in [2.75, 3.05) is 13.1 Å². The number of rotatable bonds is 6. The molecule has 90 valence electrons. The highest BCUT2D eigenvalue weighted by Crippen LogP contribution is 2.27. The van der Waals surface area contributed by atoms with Crippen LogP contribution in [0.1, 0.15) is 26.2 Å². The second kappa shape index (κ2) is 5.30. The smallest absolute Gasteiger partial charge is 0.226 e. The van der Waals surface area contributed by atoms with Crippen LogP contribution >= 0.6 is 0 Å². The summed E-state index contributed by atoms with van der Waals surface area (Å²) in [5.41, 5.74) is -0.650. The van der Waals surface area contributed by atoms with Gasteiger partial charge in [-0.2, -0.15) is 0 Å². The van der Waals surface area contributed by atoms with E-state index in [0.29, 0.717) is 32.4 Å². The van der Waals surface area contributed by atoms with E-state index in [0.717, 1.165) is 0 Å². The van der Waals surface area contributed by atoms with E-state index < -0.39 is 5.60 Å². The van der Waals surface area contributed by atoms with E-state index >= 15 is 0 Å². The van der Waals surface area contributed by atoms with Gasteiger partial charge in [-0.25, -0.2) is 0 Å². The molecule has 0 aromatic carbocycles. The van der Waals surface area contributed by atoms with Crippen LogP contribution < -0.4 is 0 Å². The molecule has 1 amide bonds. The Morgan fingerprint density at radius 1 is 1.44 bits per heavy atom. The Hall–Kier alpha value is -1.09. The molecule has 0 saturated carbocycles. The average Bonchev–Trinajstić information content (AvgIpc) is 2.23. The highest BCUT2D eigenvalue weighted by Gasteiger charge is 2.43. The van der Waals surface area contributed by atoms with Gasteiger partial charge in [0, 0.05) is 5.92 Å². The van der Waals surface area contributed by atoms with Crippen molar-refractivity contribution in [2.45, 2.75) is 31.8 Å². The van der Waals surface area contributed by atoms with Gasteiger partial charge in [-0.15, -0.1) is 13.2 Å². The van der Waals surface area contributed by atoms with Crippen LogP contribution in [0.3, 0.4) is 0 Å². The molecule has 0 aromatic rings. The molecule has 1 saturated heterocycles. The van der Waals surface area contributed by atoms with Crippen LogP contribution in [0.25, 0.3) is 0 Å². The molecule has 1 fully saturated rings. The summed E-state index contributed by atoms with van der Waals surface area (Å²) >= 11 is 0. The summed E-state index contributed by atoms with van der Waals surface area (Å²) in [6.45, 7) is 10.2. The molecular weight excluding hydrogens is 202 g/mol. The van der Waals surface area contributed by atoms with Gasteiger partial charge in [0.05, 0.1) is 18.7 Å². The third kappa shape index (κ3) is 2.73. The van der Waals surface area contributed by atoms with Crippen LogP contribution in [0.4, 0.5) is 0 Å². The number of hydrogen-bond donors (Lipinski definition) is 1. The number of allylic oxidation sites excluding steroid dienone is 2. The summed E-state index contributed by atoms with van der Waals surface area (Å²) in [7, 11) is 0. The summed E-state index contributed by atoms with van der Waals surface area (Å²) in [5.74, 6) is 0.0503. The third-order valence-electron chi connectivity index (χ3n) is 3.19. The number of carbonyl (C=O) groups excluding carboxylic acids is 1. The van der Waals surface area contributed by atoms with E-state index in [1.807, 2.05) is 6.92 Å². The molecule has 1 heterocycles. The largest absolute Gasteiger partial charge is 0.386 e. The van der Waals surface area contributed by atoms with Gasteiger partial charge in [-0.3, -0.25) is 4.79 Å². The summed E-state index contributed by atoms with van der Waals surface area (Å²) in [6.07, 6.45) is 5.57. The van der Waals surface area contributed by atoms with Gasteiger partial charge >= 0.3 is 0 Å². The maximum Gasteiger partial charge on any atom is 0.226 e. The molecule has 0 atom stereocenters. The molecule has 0 aliphatic carbocycles. The number of carbonyl (C=O) groups is 1.